The number of nitrogen functional groups attached to an aromatic ring is 1. The van der Waals surface area contributed by atoms with Gasteiger partial charge in [-0.2, -0.15) is 0 Å². The van der Waals surface area contributed by atoms with Crippen LogP contribution in [0.2, 0.25) is 0 Å². The lowest BCUT2D eigenvalue weighted by Gasteiger charge is -2.11. The summed E-state index contributed by atoms with van der Waals surface area (Å²) >= 11 is 0. The largest absolute Gasteiger partial charge is 1.00 e. The van der Waals surface area contributed by atoms with Crippen LogP contribution in [0.1, 0.15) is 44.1 Å². The summed E-state index contributed by atoms with van der Waals surface area (Å²) in [6.45, 7) is 10.4. The molecule has 5 N–H and O–H groups in total. The van der Waals surface area contributed by atoms with Crippen molar-refractivity contribution in [3.63, 3.8) is 0 Å². The second kappa shape index (κ2) is 8.96. The first kappa shape index (κ1) is 22.2. The molecule has 3 aromatic rings. The molecule has 0 saturated heterocycles. The van der Waals surface area contributed by atoms with E-state index in [2.05, 4.69) is 53.7 Å². The fourth-order valence-electron chi connectivity index (χ4n) is 3.39. The van der Waals surface area contributed by atoms with Crippen LogP contribution >= 0.6 is 0 Å². The van der Waals surface area contributed by atoms with Crippen molar-refractivity contribution >= 4 is 23.2 Å². The Labute approximate surface area is 176 Å². The number of halogens is 1. The van der Waals surface area contributed by atoms with Gasteiger partial charge in [-0.15, -0.1) is 0 Å². The van der Waals surface area contributed by atoms with Crippen molar-refractivity contribution in [2.75, 3.05) is 16.4 Å². The van der Waals surface area contributed by atoms with Crippen molar-refractivity contribution in [1.29, 1.82) is 0 Å². The molecule has 0 radical (unpaired) electrons. The number of H-pyrrole nitrogens is 1. The number of benzene rings is 1. The molecule has 0 aliphatic rings. The second-order valence-corrected chi connectivity index (χ2v) is 7.08. The zero-order chi connectivity index (χ0) is 20.4. The summed E-state index contributed by atoms with van der Waals surface area (Å²) in [5, 5.41) is 9.96. The highest BCUT2D eigenvalue weighted by Crippen LogP contribution is 2.20. The first-order valence-electron chi connectivity index (χ1n) is 9.13. The average Bonchev–Trinajstić information content (AvgIpc) is 2.94. The van der Waals surface area contributed by atoms with Gasteiger partial charge in [0.2, 0.25) is 11.6 Å². The molecule has 0 saturated carbocycles. The van der Waals surface area contributed by atoms with Crippen molar-refractivity contribution in [3.8, 4) is 0 Å². The normalized spacial score (nSPS) is 10.4. The van der Waals surface area contributed by atoms with Crippen LogP contribution in [0.4, 0.5) is 17.3 Å². The van der Waals surface area contributed by atoms with E-state index in [9.17, 15) is 4.79 Å². The molecule has 0 atom stereocenters. The monoisotopic (exact) mass is 415 g/mol. The summed E-state index contributed by atoms with van der Waals surface area (Å²) in [6, 6.07) is 7.96. The lowest BCUT2D eigenvalue weighted by atomic mass is 10.00. The number of nitrogens with zero attached hydrogens (tertiary/aromatic N) is 1. The number of hydrogen-bond acceptors (Lipinski definition) is 5. The molecule has 29 heavy (non-hydrogen) atoms. The standard InChI is InChI=1S/C21H25N5O2.ClH/c1-11-8-12(2)16(13(3)9-11)10-23-18-7-6-17(20(22)25-18)24-21(27)19-14(4)26-28-15(19)5;/h6-9H,10H2,1-5H3,(H,24,27)(H3,22,23,25);1H. The molecule has 1 aromatic carbocycles. The minimum atomic E-state index is -0.303. The Morgan fingerprint density at radius 2 is 1.79 bits per heavy atom. The van der Waals surface area contributed by atoms with Crippen LogP contribution in [0.25, 0.3) is 0 Å². The van der Waals surface area contributed by atoms with Crippen molar-refractivity contribution < 1.29 is 26.7 Å². The maximum absolute atomic E-state index is 12.5. The van der Waals surface area contributed by atoms with Gasteiger partial charge in [0.15, 0.2) is 0 Å². The summed E-state index contributed by atoms with van der Waals surface area (Å²) in [4.78, 5) is 15.6. The van der Waals surface area contributed by atoms with Gasteiger partial charge in [-0.25, -0.2) is 4.98 Å². The molecule has 0 unspecified atom stereocenters. The summed E-state index contributed by atoms with van der Waals surface area (Å²) in [5.74, 6) is 1.30. The molecule has 8 heteroatoms. The Morgan fingerprint density at radius 1 is 1.14 bits per heavy atom. The van der Waals surface area contributed by atoms with Crippen LogP contribution in [0.15, 0.2) is 28.8 Å². The zero-order valence-electron chi connectivity index (χ0n) is 17.2. The van der Waals surface area contributed by atoms with Gasteiger partial charge in [0.25, 0.3) is 5.91 Å². The number of hydrogen-bond donors (Lipinski definition) is 3. The van der Waals surface area contributed by atoms with E-state index < -0.39 is 0 Å². The third kappa shape index (κ3) is 4.86. The molecule has 0 bridgehead atoms. The van der Waals surface area contributed by atoms with Crippen molar-refractivity contribution in [2.45, 2.75) is 41.2 Å². The Balaban J connectivity index is 0.00000300. The molecule has 0 aliphatic heterocycles. The highest BCUT2D eigenvalue weighted by molar-refractivity contribution is 6.06. The van der Waals surface area contributed by atoms with Gasteiger partial charge in [0, 0.05) is 6.07 Å². The number of nitrogens with two attached hydrogens (primary N) is 1. The van der Waals surface area contributed by atoms with Crippen molar-refractivity contribution in [3.05, 3.63) is 63.5 Å². The second-order valence-electron chi connectivity index (χ2n) is 7.08. The molecule has 2 heterocycles. The van der Waals surface area contributed by atoms with Crippen LogP contribution < -0.4 is 33.8 Å². The summed E-state index contributed by atoms with van der Waals surface area (Å²) in [6.07, 6.45) is 0. The van der Waals surface area contributed by atoms with E-state index in [1.807, 2.05) is 6.07 Å². The predicted molar refractivity (Wildman–Crippen MR) is 109 cm³/mol. The zero-order valence-corrected chi connectivity index (χ0v) is 18.0. The van der Waals surface area contributed by atoms with Gasteiger partial charge in [-0.3, -0.25) is 4.79 Å². The highest BCUT2D eigenvalue weighted by Gasteiger charge is 2.19. The van der Waals surface area contributed by atoms with E-state index in [0.29, 0.717) is 35.1 Å². The molecular formula is C21H26ClN5O2. The van der Waals surface area contributed by atoms with Gasteiger partial charge in [0.1, 0.15) is 17.0 Å². The Kier molecular flexibility index (Phi) is 6.87. The smallest absolute Gasteiger partial charge is 0.261 e. The van der Waals surface area contributed by atoms with Gasteiger partial charge < -0.3 is 33.3 Å². The molecule has 0 fully saturated rings. The number of anilines is 3. The number of carbonyl (C=O) groups is 1. The molecule has 0 spiro atoms. The van der Waals surface area contributed by atoms with E-state index in [1.54, 1.807) is 19.9 Å². The quantitative estimate of drug-likeness (QED) is 0.562. The maximum Gasteiger partial charge on any atom is 0.261 e. The number of aromatic nitrogens is 2. The molecule has 0 aliphatic carbocycles. The Morgan fingerprint density at radius 3 is 2.34 bits per heavy atom. The van der Waals surface area contributed by atoms with Gasteiger partial charge in [-0.05, 0) is 57.4 Å². The van der Waals surface area contributed by atoms with Gasteiger partial charge in [0.05, 0.1) is 12.2 Å². The summed E-state index contributed by atoms with van der Waals surface area (Å²) in [5.41, 5.74) is 12.6. The molecule has 7 nitrogen and oxygen atoms in total. The Bertz CT molecular complexity index is 1000. The fraction of sp³-hybridized carbons (Fsp3) is 0.286. The van der Waals surface area contributed by atoms with Crippen LogP contribution in [0.5, 0.6) is 0 Å². The number of amides is 1. The number of aromatic amines is 1. The number of pyridine rings is 1. The van der Waals surface area contributed by atoms with E-state index in [4.69, 9.17) is 10.3 Å². The van der Waals surface area contributed by atoms with E-state index in [-0.39, 0.29) is 18.3 Å². The van der Waals surface area contributed by atoms with E-state index >= 15 is 0 Å². The molecule has 3 rings (SSSR count). The van der Waals surface area contributed by atoms with Crippen LogP contribution in [-0.2, 0) is 6.54 Å². The third-order valence-corrected chi connectivity index (χ3v) is 4.78. The first-order chi connectivity index (χ1) is 13.3. The third-order valence-electron chi connectivity index (χ3n) is 4.78. The Hall–Kier alpha value is -3.06. The fourth-order valence-corrected chi connectivity index (χ4v) is 3.39. The summed E-state index contributed by atoms with van der Waals surface area (Å²) < 4.78 is 5.04. The van der Waals surface area contributed by atoms with Crippen LogP contribution in [0, 0.1) is 34.6 Å². The maximum atomic E-state index is 12.5. The molecule has 2 aromatic heterocycles. The molecule has 1 amide bonds. The topological polar surface area (TPSA) is 107 Å². The van der Waals surface area contributed by atoms with Crippen LogP contribution in [-0.4, -0.2) is 11.1 Å². The minimum absolute atomic E-state index is 0. The molecule has 154 valence electrons. The average molecular weight is 416 g/mol. The van der Waals surface area contributed by atoms with Crippen LogP contribution in [0.3, 0.4) is 0 Å². The lowest BCUT2D eigenvalue weighted by molar-refractivity contribution is -0.342. The number of aryl methyl sites for hydroxylation is 5. The van der Waals surface area contributed by atoms with Gasteiger partial charge in [-0.1, -0.05) is 22.9 Å². The number of nitrogens with one attached hydrogen (secondary N) is 3. The van der Waals surface area contributed by atoms with Crippen molar-refractivity contribution in [2.24, 2.45) is 0 Å². The minimum Gasteiger partial charge on any atom is -1.00 e. The first-order valence-corrected chi connectivity index (χ1v) is 9.13. The highest BCUT2D eigenvalue weighted by atomic mass is 35.5. The number of carbonyl (C=O) groups excluding carboxylic acids is 1. The van der Waals surface area contributed by atoms with E-state index in [0.717, 1.165) is 5.82 Å². The van der Waals surface area contributed by atoms with Gasteiger partial charge >= 0.3 is 0 Å². The SMILES string of the molecule is Cc1cc(C)c(CNc2ccc(NC(=O)c3c(C)noc3C)c(N)[nH+]2)c(C)c1.[Cl-]. The summed E-state index contributed by atoms with van der Waals surface area (Å²) in [7, 11) is 0. The number of rotatable bonds is 5. The molecular weight excluding hydrogens is 390 g/mol. The van der Waals surface area contributed by atoms with E-state index in [1.165, 1.54) is 22.3 Å². The predicted octanol–water partition coefficient (Wildman–Crippen LogP) is 0.481. The van der Waals surface area contributed by atoms with Crippen molar-refractivity contribution in [1.82, 2.24) is 5.16 Å². The lowest BCUT2D eigenvalue weighted by Crippen LogP contribution is -3.00.